The lowest BCUT2D eigenvalue weighted by Crippen LogP contribution is -2.41. The molecule has 2 aromatic rings. The lowest BCUT2D eigenvalue weighted by Gasteiger charge is -2.11. The Morgan fingerprint density at radius 2 is 1.93 bits per heavy atom. The molecular weight excluding hydrogens is 365 g/mol. The second-order valence-electron chi connectivity index (χ2n) is 5.96. The van der Waals surface area contributed by atoms with Crippen LogP contribution < -0.4 is 16.0 Å². The van der Waals surface area contributed by atoms with E-state index in [-0.39, 0.29) is 18.1 Å². The first-order chi connectivity index (χ1) is 13.1. The number of amides is 1. The van der Waals surface area contributed by atoms with Gasteiger partial charge in [-0.2, -0.15) is 0 Å². The van der Waals surface area contributed by atoms with Gasteiger partial charge in [0.25, 0.3) is 0 Å². The highest BCUT2D eigenvalue weighted by atomic mass is 32.1. The zero-order valence-corrected chi connectivity index (χ0v) is 16.5. The number of guanidine groups is 1. The van der Waals surface area contributed by atoms with E-state index in [1.165, 1.54) is 17.0 Å². The minimum atomic E-state index is -0.302. The lowest BCUT2D eigenvalue weighted by atomic mass is 10.1. The Kier molecular flexibility index (Phi) is 8.70. The molecule has 27 heavy (non-hydrogen) atoms. The summed E-state index contributed by atoms with van der Waals surface area (Å²) in [5.41, 5.74) is 0.786. The maximum absolute atomic E-state index is 12.9. The molecule has 0 aliphatic heterocycles. The molecule has 0 aliphatic rings. The number of hydrogen-bond acceptors (Lipinski definition) is 4. The molecule has 1 amide bonds. The summed E-state index contributed by atoms with van der Waals surface area (Å²) in [6.45, 7) is 6.51. The highest BCUT2D eigenvalue weighted by molar-refractivity contribution is 7.11. The molecule has 0 radical (unpaired) electrons. The van der Waals surface area contributed by atoms with Gasteiger partial charge in [-0.3, -0.25) is 9.79 Å². The van der Waals surface area contributed by atoms with Crippen molar-refractivity contribution in [3.63, 3.8) is 0 Å². The van der Waals surface area contributed by atoms with Crippen molar-refractivity contribution < 1.29 is 9.18 Å². The molecule has 0 saturated heterocycles. The van der Waals surface area contributed by atoms with Gasteiger partial charge in [0, 0.05) is 43.7 Å². The molecule has 6 nitrogen and oxygen atoms in total. The minimum Gasteiger partial charge on any atom is -0.357 e. The van der Waals surface area contributed by atoms with Crippen LogP contribution in [-0.2, 0) is 17.6 Å². The smallest absolute Gasteiger partial charge is 0.224 e. The van der Waals surface area contributed by atoms with Crippen molar-refractivity contribution >= 4 is 23.2 Å². The summed E-state index contributed by atoms with van der Waals surface area (Å²) in [7, 11) is 0. The van der Waals surface area contributed by atoms with Crippen molar-refractivity contribution in [1.82, 2.24) is 20.9 Å². The number of rotatable bonds is 9. The molecule has 0 atom stereocenters. The highest BCUT2D eigenvalue weighted by Gasteiger charge is 2.04. The summed E-state index contributed by atoms with van der Waals surface area (Å²) in [6, 6.07) is 5.95. The van der Waals surface area contributed by atoms with E-state index in [9.17, 15) is 9.18 Å². The Labute approximate surface area is 163 Å². The van der Waals surface area contributed by atoms with Gasteiger partial charge in [-0.15, -0.1) is 11.3 Å². The molecule has 1 aromatic heterocycles. The van der Waals surface area contributed by atoms with Crippen LogP contribution >= 0.6 is 11.3 Å². The highest BCUT2D eigenvalue weighted by Crippen LogP contribution is 2.11. The van der Waals surface area contributed by atoms with E-state index >= 15 is 0 Å². The number of carbonyl (C=O) groups is 1. The van der Waals surface area contributed by atoms with E-state index in [2.05, 4.69) is 25.9 Å². The number of benzene rings is 1. The second kappa shape index (κ2) is 11.3. The van der Waals surface area contributed by atoms with E-state index < -0.39 is 0 Å². The normalized spacial score (nSPS) is 11.3. The molecule has 0 spiro atoms. The first kappa shape index (κ1) is 20.8. The molecule has 3 N–H and O–H groups in total. The predicted octanol–water partition coefficient (Wildman–Crippen LogP) is 2.05. The summed E-state index contributed by atoms with van der Waals surface area (Å²) in [6.07, 6.45) is 2.92. The maximum Gasteiger partial charge on any atom is 0.224 e. The van der Waals surface area contributed by atoms with Gasteiger partial charge in [-0.05, 0) is 31.5 Å². The zero-order chi connectivity index (χ0) is 19.5. The number of nitrogens with one attached hydrogen (secondary N) is 3. The standard InChI is InChI=1S/C19H26FN5OS/c1-3-21-19(23-9-8-18-25-13-14(2)27-18)24-11-10-22-17(26)12-15-4-6-16(20)7-5-15/h4-7,13H,3,8-12H2,1-2H3,(H,22,26)(H2,21,23,24). The molecule has 8 heteroatoms. The van der Waals surface area contributed by atoms with Crippen LogP contribution in [0.1, 0.15) is 22.4 Å². The Bertz CT molecular complexity index is 745. The van der Waals surface area contributed by atoms with Crippen LogP contribution in [0.3, 0.4) is 0 Å². The molecule has 146 valence electrons. The first-order valence-electron chi connectivity index (χ1n) is 9.01. The molecule has 0 bridgehead atoms. The van der Waals surface area contributed by atoms with Gasteiger partial charge in [-0.25, -0.2) is 9.37 Å². The minimum absolute atomic E-state index is 0.0931. The summed E-state index contributed by atoms with van der Waals surface area (Å²) < 4.78 is 12.9. The van der Waals surface area contributed by atoms with E-state index in [1.54, 1.807) is 23.5 Å². The number of carbonyl (C=O) groups excluding carboxylic acids is 1. The number of aryl methyl sites for hydroxylation is 1. The van der Waals surface area contributed by atoms with Crippen LogP contribution in [0.15, 0.2) is 35.5 Å². The molecule has 1 heterocycles. The molecule has 1 aromatic carbocycles. The van der Waals surface area contributed by atoms with E-state index in [1.807, 2.05) is 20.0 Å². The van der Waals surface area contributed by atoms with Crippen LogP contribution in [0.4, 0.5) is 4.39 Å². The van der Waals surface area contributed by atoms with Crippen molar-refractivity contribution in [3.8, 4) is 0 Å². The molecule has 0 saturated carbocycles. The summed E-state index contributed by atoms with van der Waals surface area (Å²) in [5.74, 6) is 0.326. The monoisotopic (exact) mass is 391 g/mol. The number of hydrogen-bond donors (Lipinski definition) is 3. The van der Waals surface area contributed by atoms with Gasteiger partial charge in [0.05, 0.1) is 11.4 Å². The van der Waals surface area contributed by atoms with Gasteiger partial charge in [0.2, 0.25) is 5.91 Å². The van der Waals surface area contributed by atoms with E-state index in [0.717, 1.165) is 29.5 Å². The van der Waals surface area contributed by atoms with Crippen LogP contribution in [0.2, 0.25) is 0 Å². The summed E-state index contributed by atoms with van der Waals surface area (Å²) in [5, 5.41) is 10.3. The van der Waals surface area contributed by atoms with Crippen LogP contribution in [0.5, 0.6) is 0 Å². The predicted molar refractivity (Wildman–Crippen MR) is 108 cm³/mol. The number of nitrogens with zero attached hydrogens (tertiary/aromatic N) is 2. The van der Waals surface area contributed by atoms with Gasteiger partial charge in [0.1, 0.15) is 5.82 Å². The molecule has 0 fully saturated rings. The third-order valence-corrected chi connectivity index (χ3v) is 4.60. The summed E-state index contributed by atoms with van der Waals surface area (Å²) in [4.78, 5) is 22.0. The number of aliphatic imine (C=N–C) groups is 1. The quantitative estimate of drug-likeness (QED) is 0.347. The van der Waals surface area contributed by atoms with E-state index in [0.29, 0.717) is 19.6 Å². The van der Waals surface area contributed by atoms with E-state index in [4.69, 9.17) is 0 Å². The molecule has 0 unspecified atom stereocenters. The fourth-order valence-corrected chi connectivity index (χ4v) is 3.13. The van der Waals surface area contributed by atoms with Gasteiger partial charge >= 0.3 is 0 Å². The van der Waals surface area contributed by atoms with Crippen molar-refractivity contribution in [2.24, 2.45) is 4.99 Å². The van der Waals surface area contributed by atoms with Crippen molar-refractivity contribution in [3.05, 3.63) is 51.7 Å². The fourth-order valence-electron chi connectivity index (χ4n) is 2.36. The summed E-state index contributed by atoms with van der Waals surface area (Å²) >= 11 is 1.69. The Morgan fingerprint density at radius 1 is 1.19 bits per heavy atom. The molecule has 0 aliphatic carbocycles. The topological polar surface area (TPSA) is 78.4 Å². The third kappa shape index (κ3) is 8.17. The average molecular weight is 392 g/mol. The SMILES string of the molecule is CCNC(=NCCc1ncc(C)s1)NCCNC(=O)Cc1ccc(F)cc1. The fraction of sp³-hybridized carbons (Fsp3) is 0.421. The van der Waals surface area contributed by atoms with Crippen LogP contribution in [0.25, 0.3) is 0 Å². The van der Waals surface area contributed by atoms with Crippen molar-refractivity contribution in [2.45, 2.75) is 26.7 Å². The Balaban J connectivity index is 1.67. The molecule has 2 rings (SSSR count). The van der Waals surface area contributed by atoms with Crippen molar-refractivity contribution in [2.75, 3.05) is 26.2 Å². The lowest BCUT2D eigenvalue weighted by molar-refractivity contribution is -0.120. The average Bonchev–Trinajstić information content (AvgIpc) is 3.06. The molecular formula is C19H26FN5OS. The first-order valence-corrected chi connectivity index (χ1v) is 9.83. The third-order valence-electron chi connectivity index (χ3n) is 3.63. The van der Waals surface area contributed by atoms with Crippen LogP contribution in [-0.4, -0.2) is 43.0 Å². The largest absolute Gasteiger partial charge is 0.357 e. The Hall–Kier alpha value is -2.48. The number of aromatic nitrogens is 1. The van der Waals surface area contributed by atoms with Gasteiger partial charge in [-0.1, -0.05) is 12.1 Å². The van der Waals surface area contributed by atoms with Gasteiger partial charge in [0.15, 0.2) is 5.96 Å². The van der Waals surface area contributed by atoms with Crippen LogP contribution in [0, 0.1) is 12.7 Å². The van der Waals surface area contributed by atoms with Crippen molar-refractivity contribution in [1.29, 1.82) is 0 Å². The number of halogens is 1. The second-order valence-corrected chi connectivity index (χ2v) is 7.27. The number of thiazole rings is 1. The maximum atomic E-state index is 12.9. The van der Waals surface area contributed by atoms with Gasteiger partial charge < -0.3 is 16.0 Å². The Morgan fingerprint density at radius 3 is 2.59 bits per heavy atom. The zero-order valence-electron chi connectivity index (χ0n) is 15.7.